The number of hydrogen-bond acceptors (Lipinski definition) is 6. The van der Waals surface area contributed by atoms with Gasteiger partial charge in [-0.1, -0.05) is 19.1 Å². The first-order chi connectivity index (χ1) is 15.1. The molecule has 2 atom stereocenters. The number of nitrogens with zero attached hydrogens (tertiary/aromatic N) is 1. The maximum Gasteiger partial charge on any atom is 0.201 e. The second-order valence-corrected chi connectivity index (χ2v) is 13.8. The first kappa shape index (κ1) is 22.2. The predicted molar refractivity (Wildman–Crippen MR) is 122 cm³/mol. The number of fused-ring (bicyclic) bond motifs is 3. The third-order valence-corrected chi connectivity index (χ3v) is 7.37. The van der Waals surface area contributed by atoms with Gasteiger partial charge in [-0.3, -0.25) is 9.59 Å². The third kappa shape index (κ3) is 3.09. The summed E-state index contributed by atoms with van der Waals surface area (Å²) >= 11 is 0. The van der Waals surface area contributed by atoms with Gasteiger partial charge < -0.3 is 14.3 Å². The minimum atomic E-state index is -2.19. The monoisotopic (exact) mass is 449 g/mol. The highest BCUT2D eigenvalue weighted by Gasteiger charge is 2.50. The SMILES string of the molecule is CC[C@@H]1CCc2c(cc3c(c2O)C(=O)c2c(OC)cccc2C3=O)[C@]1(C#N)O[Si](C)(C)C. The van der Waals surface area contributed by atoms with Crippen molar-refractivity contribution in [2.45, 2.75) is 51.4 Å². The number of phenolic OH excluding ortho intramolecular Hbond substituents is 1. The fraction of sp³-hybridized carbons (Fsp3) is 0.400. The second kappa shape index (κ2) is 7.57. The molecule has 0 heterocycles. The highest BCUT2D eigenvalue weighted by Crippen LogP contribution is 2.50. The van der Waals surface area contributed by atoms with Crippen molar-refractivity contribution in [2.75, 3.05) is 7.11 Å². The van der Waals surface area contributed by atoms with Crippen LogP contribution < -0.4 is 4.74 Å². The van der Waals surface area contributed by atoms with Gasteiger partial charge in [0.25, 0.3) is 0 Å². The highest BCUT2D eigenvalue weighted by atomic mass is 28.4. The molecule has 0 amide bonds. The van der Waals surface area contributed by atoms with Crippen molar-refractivity contribution < 1.29 is 23.9 Å². The molecule has 0 fully saturated rings. The zero-order chi connectivity index (χ0) is 23.4. The number of phenols is 1. The number of ether oxygens (including phenoxy) is 1. The van der Waals surface area contributed by atoms with E-state index in [-0.39, 0.29) is 39.7 Å². The molecular weight excluding hydrogens is 422 g/mol. The second-order valence-electron chi connectivity index (χ2n) is 9.42. The van der Waals surface area contributed by atoms with E-state index in [1.165, 1.54) is 7.11 Å². The summed E-state index contributed by atoms with van der Waals surface area (Å²) in [5.74, 6) is -0.821. The Kier molecular flexibility index (Phi) is 5.27. The fourth-order valence-electron chi connectivity index (χ4n) is 5.13. The Bertz CT molecular complexity index is 1190. The normalized spacial score (nSPS) is 21.9. The Morgan fingerprint density at radius 1 is 1.19 bits per heavy atom. The molecule has 2 aliphatic rings. The van der Waals surface area contributed by atoms with Crippen LogP contribution in [0.4, 0.5) is 0 Å². The van der Waals surface area contributed by atoms with Crippen molar-refractivity contribution in [3.63, 3.8) is 0 Å². The zero-order valence-corrected chi connectivity index (χ0v) is 20.0. The van der Waals surface area contributed by atoms with Crippen LogP contribution in [0.25, 0.3) is 0 Å². The number of benzene rings is 2. The number of nitriles is 1. The lowest BCUT2D eigenvalue weighted by molar-refractivity contribution is 0.0352. The topological polar surface area (TPSA) is 96.6 Å². The predicted octanol–water partition coefficient (Wildman–Crippen LogP) is 4.72. The molecule has 0 aliphatic heterocycles. The van der Waals surface area contributed by atoms with Crippen LogP contribution in [-0.2, 0) is 16.4 Å². The van der Waals surface area contributed by atoms with E-state index in [2.05, 4.69) is 6.07 Å². The summed E-state index contributed by atoms with van der Waals surface area (Å²) in [6, 6.07) is 8.91. The molecule has 2 aromatic rings. The van der Waals surface area contributed by atoms with Crippen molar-refractivity contribution in [1.82, 2.24) is 0 Å². The minimum Gasteiger partial charge on any atom is -0.507 e. The Morgan fingerprint density at radius 2 is 1.91 bits per heavy atom. The summed E-state index contributed by atoms with van der Waals surface area (Å²) in [4.78, 5) is 26.9. The van der Waals surface area contributed by atoms with Crippen LogP contribution in [0.2, 0.25) is 19.6 Å². The van der Waals surface area contributed by atoms with Crippen LogP contribution in [0.3, 0.4) is 0 Å². The molecule has 0 aromatic heterocycles. The van der Waals surface area contributed by atoms with Gasteiger partial charge in [0.2, 0.25) is 5.78 Å². The van der Waals surface area contributed by atoms with Gasteiger partial charge in [-0.2, -0.15) is 5.26 Å². The summed E-state index contributed by atoms with van der Waals surface area (Å²) in [5, 5.41) is 21.7. The molecule has 2 aliphatic carbocycles. The summed E-state index contributed by atoms with van der Waals surface area (Å²) in [5.41, 5.74) is 0.268. The van der Waals surface area contributed by atoms with Crippen molar-refractivity contribution >= 4 is 19.9 Å². The number of carbonyl (C=O) groups excluding carboxylic acids is 2. The highest BCUT2D eigenvalue weighted by molar-refractivity contribution is 6.69. The van der Waals surface area contributed by atoms with Gasteiger partial charge in [0.1, 0.15) is 17.6 Å². The third-order valence-electron chi connectivity index (χ3n) is 6.44. The summed E-state index contributed by atoms with van der Waals surface area (Å²) in [6.07, 6.45) is 1.88. The largest absolute Gasteiger partial charge is 0.507 e. The molecule has 4 rings (SSSR count). The lowest BCUT2D eigenvalue weighted by atomic mass is 9.68. The van der Waals surface area contributed by atoms with E-state index in [4.69, 9.17) is 9.16 Å². The van der Waals surface area contributed by atoms with Gasteiger partial charge in [-0.25, -0.2) is 0 Å². The van der Waals surface area contributed by atoms with Crippen LogP contribution in [0, 0.1) is 17.2 Å². The van der Waals surface area contributed by atoms with E-state index in [9.17, 15) is 20.0 Å². The molecule has 7 heteroatoms. The number of ketones is 2. The van der Waals surface area contributed by atoms with Crippen molar-refractivity contribution in [3.8, 4) is 17.6 Å². The molecule has 2 aromatic carbocycles. The van der Waals surface area contributed by atoms with Gasteiger partial charge >= 0.3 is 0 Å². The van der Waals surface area contributed by atoms with Gasteiger partial charge in [0.05, 0.1) is 18.2 Å². The molecular formula is C25H27NO5Si. The Hall–Kier alpha value is -2.95. The number of hydrogen-bond donors (Lipinski definition) is 1. The summed E-state index contributed by atoms with van der Waals surface area (Å²) in [6.45, 7) is 8.07. The molecule has 1 N–H and O–H groups in total. The van der Waals surface area contributed by atoms with Crippen LogP contribution >= 0.6 is 0 Å². The van der Waals surface area contributed by atoms with E-state index >= 15 is 0 Å². The Balaban J connectivity index is 2.02. The Labute approximate surface area is 188 Å². The van der Waals surface area contributed by atoms with Crippen molar-refractivity contribution in [3.05, 3.63) is 57.6 Å². The van der Waals surface area contributed by atoms with E-state index in [1.54, 1.807) is 24.3 Å². The quantitative estimate of drug-likeness (QED) is 0.579. The van der Waals surface area contributed by atoms with Gasteiger partial charge in [-0.15, -0.1) is 0 Å². The summed E-state index contributed by atoms with van der Waals surface area (Å²) in [7, 11) is -0.750. The number of methoxy groups -OCH3 is 1. The zero-order valence-electron chi connectivity index (χ0n) is 19.0. The van der Waals surface area contributed by atoms with E-state index < -0.39 is 19.7 Å². The molecule has 6 nitrogen and oxygen atoms in total. The Morgan fingerprint density at radius 3 is 2.50 bits per heavy atom. The van der Waals surface area contributed by atoms with E-state index in [1.807, 2.05) is 26.6 Å². The van der Waals surface area contributed by atoms with Gasteiger partial charge in [-0.05, 0) is 51.0 Å². The lowest BCUT2D eigenvalue weighted by Crippen LogP contribution is -2.47. The minimum absolute atomic E-state index is 0.0134. The maximum atomic E-state index is 13.5. The summed E-state index contributed by atoms with van der Waals surface area (Å²) < 4.78 is 11.8. The van der Waals surface area contributed by atoms with Crippen molar-refractivity contribution in [1.29, 1.82) is 5.26 Å². The fourth-order valence-corrected chi connectivity index (χ4v) is 6.41. The average molecular weight is 450 g/mol. The first-order valence-electron chi connectivity index (χ1n) is 10.9. The van der Waals surface area contributed by atoms with E-state index in [0.717, 1.165) is 6.42 Å². The smallest absolute Gasteiger partial charge is 0.201 e. The standard InChI is InChI=1S/C25H27NO5Si/c1-6-14-10-11-15-18(25(14,13-26)31-32(3,4)5)12-17-21(23(15)28)24(29)20-16(22(17)27)8-7-9-19(20)30-2/h7-9,12,14,28H,6,10-11H2,1-5H3/t14-,25-/m1/s1. The maximum absolute atomic E-state index is 13.5. The van der Waals surface area contributed by atoms with Crippen LogP contribution in [0.15, 0.2) is 24.3 Å². The first-order valence-corrected chi connectivity index (χ1v) is 14.3. The van der Waals surface area contributed by atoms with Crippen LogP contribution in [0.1, 0.15) is 62.7 Å². The molecule has 0 bridgehead atoms. The molecule has 0 unspecified atom stereocenters. The number of rotatable bonds is 4. The van der Waals surface area contributed by atoms with Crippen LogP contribution in [0.5, 0.6) is 11.5 Å². The van der Waals surface area contributed by atoms with Gasteiger partial charge in [0.15, 0.2) is 19.7 Å². The van der Waals surface area contributed by atoms with Crippen LogP contribution in [-0.4, -0.2) is 32.1 Å². The number of aromatic hydroxyl groups is 1. The van der Waals surface area contributed by atoms with E-state index in [0.29, 0.717) is 29.7 Å². The van der Waals surface area contributed by atoms with Gasteiger partial charge in [0, 0.05) is 28.2 Å². The average Bonchev–Trinajstić information content (AvgIpc) is 2.76. The molecule has 0 saturated carbocycles. The lowest BCUT2D eigenvalue weighted by Gasteiger charge is -2.44. The van der Waals surface area contributed by atoms with Crippen molar-refractivity contribution in [2.24, 2.45) is 5.92 Å². The molecule has 0 saturated heterocycles. The molecule has 166 valence electrons. The number of carbonyl (C=O) groups is 2. The molecule has 0 spiro atoms. The molecule has 0 radical (unpaired) electrons. The molecule has 32 heavy (non-hydrogen) atoms.